The zero-order chi connectivity index (χ0) is 13.1. The Morgan fingerprint density at radius 1 is 1.56 bits per heavy atom. The van der Waals surface area contributed by atoms with Crippen LogP contribution in [0, 0.1) is 6.92 Å². The first-order valence-electron chi connectivity index (χ1n) is 5.26. The maximum Gasteiger partial charge on any atom is 0.347 e. The van der Waals surface area contributed by atoms with Crippen LogP contribution in [-0.2, 0) is 11.3 Å². The van der Waals surface area contributed by atoms with Crippen LogP contribution in [0.3, 0.4) is 0 Å². The molecule has 0 amide bonds. The molecule has 18 heavy (non-hydrogen) atoms. The Morgan fingerprint density at radius 2 is 2.33 bits per heavy atom. The highest BCUT2D eigenvalue weighted by atomic mass is 32.1. The Morgan fingerprint density at radius 3 is 2.94 bits per heavy atom. The molecule has 2 heterocycles. The fraction of sp³-hybridized carbons (Fsp3) is 0.250. The molecule has 5 nitrogen and oxygen atoms in total. The van der Waals surface area contributed by atoms with E-state index in [4.69, 9.17) is 9.84 Å². The van der Waals surface area contributed by atoms with E-state index in [1.54, 1.807) is 12.4 Å². The lowest BCUT2D eigenvalue weighted by Gasteiger charge is -1.99. The Labute approximate surface area is 108 Å². The smallest absolute Gasteiger partial charge is 0.347 e. The highest BCUT2D eigenvalue weighted by Gasteiger charge is 2.18. The number of rotatable bonds is 4. The molecule has 2 aromatic rings. The van der Waals surface area contributed by atoms with Crippen molar-refractivity contribution in [3.63, 3.8) is 0 Å². The molecule has 2 aromatic heterocycles. The SMILES string of the molecule is COCc1nc(-c2ccncc2C)sc1C(=O)O. The number of thiazole rings is 1. The lowest BCUT2D eigenvalue weighted by molar-refractivity contribution is 0.0697. The summed E-state index contributed by atoms with van der Waals surface area (Å²) in [5.74, 6) is -0.975. The van der Waals surface area contributed by atoms with Crippen LogP contribution in [-0.4, -0.2) is 28.2 Å². The van der Waals surface area contributed by atoms with Crippen molar-refractivity contribution >= 4 is 17.3 Å². The Balaban J connectivity index is 2.50. The van der Waals surface area contributed by atoms with Gasteiger partial charge in [0.05, 0.1) is 12.3 Å². The lowest BCUT2D eigenvalue weighted by atomic mass is 10.2. The average Bonchev–Trinajstić information content (AvgIpc) is 2.74. The molecule has 6 heteroatoms. The number of hydrogen-bond donors (Lipinski definition) is 1. The third kappa shape index (κ3) is 2.39. The van der Waals surface area contributed by atoms with E-state index in [-0.39, 0.29) is 11.5 Å². The number of nitrogens with zero attached hydrogens (tertiary/aromatic N) is 2. The molecule has 1 N–H and O–H groups in total. The van der Waals surface area contributed by atoms with E-state index < -0.39 is 5.97 Å². The van der Waals surface area contributed by atoms with Gasteiger partial charge in [0.1, 0.15) is 9.88 Å². The van der Waals surface area contributed by atoms with Gasteiger partial charge in [-0.2, -0.15) is 0 Å². The van der Waals surface area contributed by atoms with E-state index in [0.717, 1.165) is 22.5 Å². The fourth-order valence-corrected chi connectivity index (χ4v) is 2.58. The van der Waals surface area contributed by atoms with E-state index in [2.05, 4.69) is 9.97 Å². The Hall–Kier alpha value is -1.79. The summed E-state index contributed by atoms with van der Waals surface area (Å²) in [5.41, 5.74) is 2.33. The summed E-state index contributed by atoms with van der Waals surface area (Å²) in [6, 6.07) is 1.83. The third-order valence-corrected chi connectivity index (χ3v) is 3.54. The fourth-order valence-electron chi connectivity index (χ4n) is 1.58. The largest absolute Gasteiger partial charge is 0.477 e. The molecule has 0 aliphatic carbocycles. The number of hydrogen-bond acceptors (Lipinski definition) is 5. The first kappa shape index (κ1) is 12.7. The number of carbonyl (C=O) groups is 1. The molecule has 0 aromatic carbocycles. The molecule has 2 rings (SSSR count). The molecule has 0 radical (unpaired) electrons. The van der Waals surface area contributed by atoms with E-state index in [1.165, 1.54) is 7.11 Å². The number of ether oxygens (including phenoxy) is 1. The molecule has 0 saturated carbocycles. The number of pyridine rings is 1. The minimum atomic E-state index is -0.975. The van der Waals surface area contributed by atoms with Gasteiger partial charge in [-0.15, -0.1) is 11.3 Å². The number of aromatic nitrogens is 2. The Kier molecular flexibility index (Phi) is 3.69. The number of aromatic carboxylic acids is 1. The van der Waals surface area contributed by atoms with Crippen molar-refractivity contribution in [1.82, 2.24) is 9.97 Å². The molecule has 0 fully saturated rings. The summed E-state index contributed by atoms with van der Waals surface area (Å²) >= 11 is 1.16. The second-order valence-electron chi connectivity index (χ2n) is 3.72. The maximum atomic E-state index is 11.1. The molecule has 0 aliphatic rings. The summed E-state index contributed by atoms with van der Waals surface area (Å²) in [6.07, 6.45) is 3.40. The average molecular weight is 264 g/mol. The van der Waals surface area contributed by atoms with Gasteiger partial charge in [0, 0.05) is 25.1 Å². The van der Waals surface area contributed by atoms with Gasteiger partial charge in [-0.1, -0.05) is 0 Å². The highest BCUT2D eigenvalue weighted by Crippen LogP contribution is 2.30. The summed E-state index contributed by atoms with van der Waals surface area (Å²) in [7, 11) is 1.52. The molecule has 0 atom stereocenters. The van der Waals surface area contributed by atoms with E-state index in [1.807, 2.05) is 13.0 Å². The van der Waals surface area contributed by atoms with Crippen molar-refractivity contribution < 1.29 is 14.6 Å². The van der Waals surface area contributed by atoms with Crippen molar-refractivity contribution in [2.75, 3.05) is 7.11 Å². The van der Waals surface area contributed by atoms with Crippen LogP contribution in [0.15, 0.2) is 18.5 Å². The van der Waals surface area contributed by atoms with Gasteiger partial charge in [0.2, 0.25) is 0 Å². The summed E-state index contributed by atoms with van der Waals surface area (Å²) < 4.78 is 4.97. The molecular weight excluding hydrogens is 252 g/mol. The minimum absolute atomic E-state index is 0.197. The quantitative estimate of drug-likeness (QED) is 0.917. The van der Waals surface area contributed by atoms with Crippen molar-refractivity contribution in [1.29, 1.82) is 0 Å². The van der Waals surface area contributed by atoms with Crippen LogP contribution < -0.4 is 0 Å². The predicted molar refractivity (Wildman–Crippen MR) is 67.8 cm³/mol. The number of aryl methyl sites for hydroxylation is 1. The summed E-state index contributed by atoms with van der Waals surface area (Å²) in [5, 5.41) is 9.80. The van der Waals surface area contributed by atoms with Crippen LogP contribution >= 0.6 is 11.3 Å². The number of carboxylic acid groups (broad SMARTS) is 1. The third-order valence-electron chi connectivity index (χ3n) is 2.42. The lowest BCUT2D eigenvalue weighted by Crippen LogP contribution is -1.99. The monoisotopic (exact) mass is 264 g/mol. The first-order valence-corrected chi connectivity index (χ1v) is 6.08. The molecule has 0 aliphatic heterocycles. The predicted octanol–water partition coefficient (Wildman–Crippen LogP) is 2.36. The second-order valence-corrected chi connectivity index (χ2v) is 4.72. The van der Waals surface area contributed by atoms with Gasteiger partial charge in [-0.05, 0) is 18.6 Å². The molecule has 0 unspecified atom stereocenters. The van der Waals surface area contributed by atoms with Gasteiger partial charge < -0.3 is 9.84 Å². The summed E-state index contributed by atoms with van der Waals surface area (Å²) in [6.45, 7) is 2.11. The van der Waals surface area contributed by atoms with Crippen molar-refractivity contribution in [2.45, 2.75) is 13.5 Å². The maximum absolute atomic E-state index is 11.1. The van der Waals surface area contributed by atoms with E-state index >= 15 is 0 Å². The van der Waals surface area contributed by atoms with Gasteiger partial charge >= 0.3 is 5.97 Å². The van der Waals surface area contributed by atoms with Crippen LogP contribution in [0.2, 0.25) is 0 Å². The second kappa shape index (κ2) is 5.24. The Bertz CT molecular complexity index is 580. The van der Waals surface area contributed by atoms with Gasteiger partial charge in [-0.25, -0.2) is 9.78 Å². The topological polar surface area (TPSA) is 72.3 Å². The van der Waals surface area contributed by atoms with E-state index in [0.29, 0.717) is 10.7 Å². The number of methoxy groups -OCH3 is 1. The zero-order valence-corrected chi connectivity index (χ0v) is 10.8. The van der Waals surface area contributed by atoms with Crippen molar-refractivity contribution in [3.8, 4) is 10.6 Å². The van der Waals surface area contributed by atoms with Crippen LogP contribution in [0.1, 0.15) is 20.9 Å². The molecule has 0 saturated heterocycles. The van der Waals surface area contributed by atoms with E-state index in [9.17, 15) is 4.79 Å². The standard InChI is InChI=1S/C12H12N2O3S/c1-7-5-13-4-3-8(7)11-14-9(6-17-2)10(18-11)12(15)16/h3-5H,6H2,1-2H3,(H,15,16). The minimum Gasteiger partial charge on any atom is -0.477 e. The number of carboxylic acids is 1. The van der Waals surface area contributed by atoms with Crippen LogP contribution in [0.4, 0.5) is 0 Å². The normalized spacial score (nSPS) is 10.6. The summed E-state index contributed by atoms with van der Waals surface area (Å²) in [4.78, 5) is 19.7. The molecule has 0 bridgehead atoms. The highest BCUT2D eigenvalue weighted by molar-refractivity contribution is 7.17. The van der Waals surface area contributed by atoms with Gasteiger partial charge in [0.15, 0.2) is 0 Å². The zero-order valence-electron chi connectivity index (χ0n) is 10.0. The van der Waals surface area contributed by atoms with Crippen molar-refractivity contribution in [2.24, 2.45) is 0 Å². The molecule has 0 spiro atoms. The van der Waals surface area contributed by atoms with Crippen LogP contribution in [0.25, 0.3) is 10.6 Å². The van der Waals surface area contributed by atoms with Crippen LogP contribution in [0.5, 0.6) is 0 Å². The molecule has 94 valence electrons. The molecular formula is C12H12N2O3S. The first-order chi connectivity index (χ1) is 8.63. The van der Waals surface area contributed by atoms with Gasteiger partial charge in [0.25, 0.3) is 0 Å². The van der Waals surface area contributed by atoms with Gasteiger partial charge in [-0.3, -0.25) is 4.98 Å². The van der Waals surface area contributed by atoms with Crippen molar-refractivity contribution in [3.05, 3.63) is 34.6 Å².